The predicted molar refractivity (Wildman–Crippen MR) is 102 cm³/mol. The summed E-state index contributed by atoms with van der Waals surface area (Å²) in [6.07, 6.45) is 0.820. The molecule has 1 heterocycles. The number of sulfone groups is 1. The number of Topliss-reactive ketones (excluding diaryl/α,β-unsaturated/α-hetero) is 1. The maximum absolute atomic E-state index is 12.8. The average Bonchev–Trinajstić information content (AvgIpc) is 2.72. The SMILES string of the molecule is O=C(c1ccccc1)C1CCN(c2ccc(S(=O)(=O)C(F)(F)F)cc2[N+](=O)[O-])CC1. The first-order valence-corrected chi connectivity index (χ1v) is 10.4. The summed E-state index contributed by atoms with van der Waals surface area (Å²) in [7, 11) is -5.70. The monoisotopic (exact) mass is 442 g/mol. The summed E-state index contributed by atoms with van der Waals surface area (Å²) >= 11 is 0. The van der Waals surface area contributed by atoms with Crippen molar-refractivity contribution in [2.45, 2.75) is 23.2 Å². The second kappa shape index (κ2) is 8.05. The van der Waals surface area contributed by atoms with Crippen molar-refractivity contribution < 1.29 is 31.3 Å². The van der Waals surface area contributed by atoms with Crippen molar-refractivity contribution in [1.29, 1.82) is 0 Å². The van der Waals surface area contributed by atoms with Crippen LogP contribution in [0.5, 0.6) is 0 Å². The van der Waals surface area contributed by atoms with Crippen LogP contribution in [0.25, 0.3) is 0 Å². The summed E-state index contributed by atoms with van der Waals surface area (Å²) in [6.45, 7) is 0.547. The highest BCUT2D eigenvalue weighted by molar-refractivity contribution is 7.92. The van der Waals surface area contributed by atoms with Crippen molar-refractivity contribution in [3.63, 3.8) is 0 Å². The van der Waals surface area contributed by atoms with Crippen LogP contribution in [0.1, 0.15) is 23.2 Å². The zero-order valence-corrected chi connectivity index (χ0v) is 16.3. The highest BCUT2D eigenvalue weighted by Crippen LogP contribution is 2.37. The van der Waals surface area contributed by atoms with Gasteiger partial charge in [0.2, 0.25) is 0 Å². The number of ketones is 1. The van der Waals surface area contributed by atoms with E-state index in [-0.39, 0.29) is 30.5 Å². The number of nitrogens with zero attached hydrogens (tertiary/aromatic N) is 2. The Morgan fingerprint density at radius 2 is 1.67 bits per heavy atom. The molecule has 1 fully saturated rings. The van der Waals surface area contributed by atoms with Crippen LogP contribution in [0, 0.1) is 16.0 Å². The minimum atomic E-state index is -5.70. The molecule has 0 atom stereocenters. The van der Waals surface area contributed by atoms with Crippen molar-refractivity contribution in [1.82, 2.24) is 0 Å². The molecule has 11 heteroatoms. The van der Waals surface area contributed by atoms with E-state index in [0.29, 0.717) is 30.5 Å². The van der Waals surface area contributed by atoms with Crippen LogP contribution in [-0.4, -0.2) is 37.7 Å². The first kappa shape index (κ1) is 21.8. The van der Waals surface area contributed by atoms with Gasteiger partial charge in [0.15, 0.2) is 5.78 Å². The minimum absolute atomic E-state index is 0.0201. The lowest BCUT2D eigenvalue weighted by atomic mass is 9.88. The van der Waals surface area contributed by atoms with Crippen molar-refractivity contribution in [2.75, 3.05) is 18.0 Å². The Morgan fingerprint density at radius 1 is 1.07 bits per heavy atom. The van der Waals surface area contributed by atoms with Crippen molar-refractivity contribution in [3.8, 4) is 0 Å². The summed E-state index contributed by atoms with van der Waals surface area (Å²) in [5.74, 6) is -0.302. The third kappa shape index (κ3) is 4.16. The molecule has 30 heavy (non-hydrogen) atoms. The largest absolute Gasteiger partial charge is 0.501 e. The Morgan fingerprint density at radius 3 is 2.20 bits per heavy atom. The molecule has 3 rings (SSSR count). The van der Waals surface area contributed by atoms with E-state index in [0.717, 1.165) is 6.07 Å². The van der Waals surface area contributed by atoms with Gasteiger partial charge < -0.3 is 4.90 Å². The molecule has 0 saturated carbocycles. The maximum atomic E-state index is 12.8. The normalized spacial score (nSPS) is 15.8. The molecule has 0 unspecified atom stereocenters. The van der Waals surface area contributed by atoms with Crippen LogP contribution in [0.15, 0.2) is 53.4 Å². The number of anilines is 1. The molecule has 1 aliphatic heterocycles. The molecular formula is C19H17F3N2O5S. The molecule has 0 aromatic heterocycles. The van der Waals surface area contributed by atoms with E-state index in [4.69, 9.17) is 0 Å². The molecule has 160 valence electrons. The number of hydrogen-bond donors (Lipinski definition) is 0. The zero-order valence-electron chi connectivity index (χ0n) is 15.5. The fraction of sp³-hybridized carbons (Fsp3) is 0.316. The Balaban J connectivity index is 1.82. The van der Waals surface area contributed by atoms with Crippen LogP contribution >= 0.6 is 0 Å². The summed E-state index contributed by atoms with van der Waals surface area (Å²) < 4.78 is 61.4. The van der Waals surface area contributed by atoms with Crippen LogP contribution in [0.3, 0.4) is 0 Å². The molecule has 7 nitrogen and oxygen atoms in total. The number of carbonyl (C=O) groups is 1. The average molecular weight is 442 g/mol. The standard InChI is InChI=1S/C19H17F3N2O5S/c20-19(21,22)30(28,29)15-6-7-16(17(12-15)24(26)27)23-10-8-14(9-11-23)18(25)13-4-2-1-3-5-13/h1-7,12,14H,8-11H2. The molecule has 0 bridgehead atoms. The van der Waals surface area contributed by atoms with Crippen LogP contribution < -0.4 is 4.90 Å². The van der Waals surface area contributed by atoms with E-state index >= 15 is 0 Å². The van der Waals surface area contributed by atoms with E-state index in [1.165, 1.54) is 0 Å². The van der Waals surface area contributed by atoms with Gasteiger partial charge in [-0.25, -0.2) is 8.42 Å². The van der Waals surface area contributed by atoms with Gasteiger partial charge in [0.05, 0.1) is 9.82 Å². The number of rotatable bonds is 5. The van der Waals surface area contributed by atoms with E-state index < -0.39 is 30.9 Å². The first-order chi connectivity index (χ1) is 14.0. The molecule has 2 aromatic carbocycles. The van der Waals surface area contributed by atoms with Gasteiger partial charge in [-0.15, -0.1) is 0 Å². The van der Waals surface area contributed by atoms with Gasteiger partial charge in [-0.05, 0) is 25.0 Å². The second-order valence-electron chi connectivity index (χ2n) is 6.85. The van der Waals surface area contributed by atoms with Crippen LogP contribution in [0.2, 0.25) is 0 Å². The smallest absolute Gasteiger partial charge is 0.366 e. The highest BCUT2D eigenvalue weighted by Gasteiger charge is 2.47. The predicted octanol–water partition coefficient (Wildman–Crippen LogP) is 3.99. The third-order valence-corrected chi connectivity index (χ3v) is 6.51. The van der Waals surface area contributed by atoms with E-state index in [2.05, 4.69) is 0 Å². The van der Waals surface area contributed by atoms with Crippen LogP contribution in [-0.2, 0) is 9.84 Å². The number of hydrogen-bond acceptors (Lipinski definition) is 6. The molecule has 1 saturated heterocycles. The van der Waals surface area contributed by atoms with Gasteiger partial charge in [-0.3, -0.25) is 14.9 Å². The summed E-state index contributed by atoms with van der Waals surface area (Å²) in [5, 5.41) is 11.4. The Bertz CT molecular complexity index is 1060. The molecule has 0 spiro atoms. The summed E-state index contributed by atoms with van der Waals surface area (Å²) in [6, 6.07) is 10.9. The molecular weight excluding hydrogens is 425 g/mol. The number of nitro groups is 1. The van der Waals surface area contributed by atoms with Crippen molar-refractivity contribution >= 4 is 27.0 Å². The quantitative estimate of drug-likeness (QED) is 0.395. The molecule has 0 aliphatic carbocycles. The Labute approximate surface area is 170 Å². The molecule has 0 amide bonds. The molecule has 2 aromatic rings. The van der Waals surface area contributed by atoms with Gasteiger partial charge in [0.1, 0.15) is 5.69 Å². The lowest BCUT2D eigenvalue weighted by molar-refractivity contribution is -0.384. The molecule has 0 N–H and O–H groups in total. The van der Waals surface area contributed by atoms with E-state index in [1.54, 1.807) is 35.2 Å². The third-order valence-electron chi connectivity index (χ3n) is 5.02. The fourth-order valence-electron chi connectivity index (χ4n) is 3.44. The van der Waals surface area contributed by atoms with Gasteiger partial charge >= 0.3 is 5.51 Å². The number of nitro benzene ring substituents is 1. The van der Waals surface area contributed by atoms with Crippen molar-refractivity contribution in [2.24, 2.45) is 5.92 Å². The van der Waals surface area contributed by atoms with Crippen molar-refractivity contribution in [3.05, 3.63) is 64.2 Å². The number of halogens is 3. The van der Waals surface area contributed by atoms with Gasteiger partial charge in [-0.2, -0.15) is 13.2 Å². The number of piperidine rings is 1. The van der Waals surface area contributed by atoms with Gasteiger partial charge in [-0.1, -0.05) is 30.3 Å². The summed E-state index contributed by atoms with van der Waals surface area (Å²) in [4.78, 5) is 23.5. The van der Waals surface area contributed by atoms with E-state index in [1.807, 2.05) is 0 Å². The first-order valence-electron chi connectivity index (χ1n) is 8.96. The summed E-state index contributed by atoms with van der Waals surface area (Å²) in [5.41, 5.74) is -5.69. The topological polar surface area (TPSA) is 97.6 Å². The second-order valence-corrected chi connectivity index (χ2v) is 8.79. The highest BCUT2D eigenvalue weighted by atomic mass is 32.2. The van der Waals surface area contributed by atoms with Gasteiger partial charge in [0, 0.05) is 30.6 Å². The zero-order chi connectivity index (χ0) is 22.1. The number of benzene rings is 2. The Kier molecular flexibility index (Phi) is 5.84. The molecule has 1 aliphatic rings. The van der Waals surface area contributed by atoms with Gasteiger partial charge in [0.25, 0.3) is 15.5 Å². The van der Waals surface area contributed by atoms with Crippen LogP contribution in [0.4, 0.5) is 24.5 Å². The number of alkyl halides is 3. The maximum Gasteiger partial charge on any atom is 0.501 e. The minimum Gasteiger partial charge on any atom is -0.366 e. The lowest BCUT2D eigenvalue weighted by Crippen LogP contribution is -2.36. The lowest BCUT2D eigenvalue weighted by Gasteiger charge is -2.32. The van der Waals surface area contributed by atoms with E-state index in [9.17, 15) is 36.5 Å². The number of carbonyl (C=O) groups excluding carboxylic acids is 1. The molecule has 0 radical (unpaired) electrons. The fourth-order valence-corrected chi connectivity index (χ4v) is 4.22. The Hall–Kier alpha value is -2.95.